The molecule has 2 nitrogen and oxygen atoms in total. The Labute approximate surface area is 145 Å². The van der Waals surface area contributed by atoms with Crippen molar-refractivity contribution in [2.75, 3.05) is 7.05 Å². The van der Waals surface area contributed by atoms with E-state index in [1.54, 1.807) is 0 Å². The fourth-order valence-electron chi connectivity index (χ4n) is 0.979. The van der Waals surface area contributed by atoms with Crippen LogP contribution in [0.1, 0.15) is 42.0 Å². The Morgan fingerprint density at radius 3 is 1.75 bits per heavy atom. The van der Waals surface area contributed by atoms with E-state index in [1.807, 2.05) is 32.7 Å². The quantitative estimate of drug-likeness (QED) is 0.531. The molecule has 0 saturated heterocycles. The number of Topliss-reactive ketones (excluding diaryl/α,β-unsaturated/α-hetero) is 1. The van der Waals surface area contributed by atoms with Gasteiger partial charge in [-0.15, -0.1) is 0 Å². The van der Waals surface area contributed by atoms with E-state index in [9.17, 15) is 4.79 Å². The number of hydrogen-bond acceptors (Lipinski definition) is 2. The summed E-state index contributed by atoms with van der Waals surface area (Å²) in [6, 6.07) is 1.26. The van der Waals surface area contributed by atoms with Crippen LogP contribution in [0.15, 0.2) is 6.58 Å². The Balaban J connectivity index is -0.000000169. The van der Waals surface area contributed by atoms with Crippen LogP contribution in [0.3, 0.4) is 0 Å². The average Bonchev–Trinajstić information content (AvgIpc) is 2.17. The normalized spacial score (nSPS) is 8.81. The van der Waals surface area contributed by atoms with E-state index in [-0.39, 0.29) is 70.5 Å². The molecule has 0 saturated carbocycles. The van der Waals surface area contributed by atoms with Crippen molar-refractivity contribution in [2.24, 2.45) is 5.92 Å². The van der Waals surface area contributed by atoms with Gasteiger partial charge < -0.3 is 16.3 Å². The standard InChI is InChI=1S/C10H20NO.C2H3.CH4.K/c1-7(2)10(12)9(5)11(6)8(3)4;1-2;;/h7-8H,1-6H3;1H,2H2;1H4;/q2*-1;;+1. The Hall–Kier alpha value is 0.876. The van der Waals surface area contributed by atoms with E-state index in [1.165, 1.54) is 0 Å². The predicted octanol–water partition coefficient (Wildman–Crippen LogP) is 0.349. The maximum Gasteiger partial charge on any atom is 1.00 e. The van der Waals surface area contributed by atoms with Gasteiger partial charge in [-0.25, -0.2) is 0 Å². The molecule has 0 heterocycles. The molecule has 0 radical (unpaired) electrons. The van der Waals surface area contributed by atoms with Crippen molar-refractivity contribution in [1.29, 1.82) is 0 Å². The summed E-state index contributed by atoms with van der Waals surface area (Å²) in [6.45, 7) is 16.9. The van der Waals surface area contributed by atoms with Gasteiger partial charge in [-0.3, -0.25) is 12.6 Å². The minimum Gasteiger partial charge on any atom is -0.521 e. The first-order valence-electron chi connectivity index (χ1n) is 4.89. The molecule has 0 unspecified atom stereocenters. The van der Waals surface area contributed by atoms with Crippen LogP contribution >= 0.6 is 0 Å². The zero-order chi connectivity index (χ0) is 11.9. The molecule has 0 aromatic rings. The molecular weight excluding hydrogens is 225 g/mol. The van der Waals surface area contributed by atoms with Gasteiger partial charge in [-0.05, 0) is 19.0 Å². The second-order valence-electron chi connectivity index (χ2n) is 3.81. The fraction of sp³-hybridized carbons (Fsp3) is 0.692. The van der Waals surface area contributed by atoms with Gasteiger partial charge in [0.1, 0.15) is 0 Å². The van der Waals surface area contributed by atoms with E-state index >= 15 is 0 Å². The minimum absolute atomic E-state index is 0. The van der Waals surface area contributed by atoms with Crippen LogP contribution < -0.4 is 51.4 Å². The average molecular weight is 252 g/mol. The van der Waals surface area contributed by atoms with Crippen molar-refractivity contribution in [1.82, 2.24) is 4.90 Å². The van der Waals surface area contributed by atoms with E-state index < -0.39 is 0 Å². The molecular formula is C13H27KNO-. The zero-order valence-electron chi connectivity index (χ0n) is 11.3. The molecule has 0 fully saturated rings. The SMILES string of the molecule is C.C[C-](C(=O)C(C)C)N(C)C(C)C.[CH-]=C.[K+]. The monoisotopic (exact) mass is 252 g/mol. The number of hydrogen-bond donors (Lipinski definition) is 0. The first kappa shape index (κ1) is 25.7. The third-order valence-electron chi connectivity index (χ3n) is 2.18. The first-order valence-corrected chi connectivity index (χ1v) is 4.89. The molecule has 0 bridgehead atoms. The van der Waals surface area contributed by atoms with Crippen molar-refractivity contribution in [3.8, 4) is 0 Å². The van der Waals surface area contributed by atoms with Crippen LogP contribution in [-0.2, 0) is 4.79 Å². The Kier molecular flexibility index (Phi) is 22.4. The van der Waals surface area contributed by atoms with Crippen LogP contribution in [0.25, 0.3) is 0 Å². The van der Waals surface area contributed by atoms with Crippen LogP contribution in [0.2, 0.25) is 0 Å². The largest absolute Gasteiger partial charge is 1.00 e. The van der Waals surface area contributed by atoms with E-state index in [4.69, 9.17) is 0 Å². The fourth-order valence-corrected chi connectivity index (χ4v) is 0.979. The van der Waals surface area contributed by atoms with Gasteiger partial charge in [0.25, 0.3) is 0 Å². The van der Waals surface area contributed by atoms with E-state index in [0.29, 0.717) is 6.04 Å². The van der Waals surface area contributed by atoms with Gasteiger partial charge in [-0.1, -0.05) is 35.1 Å². The summed E-state index contributed by atoms with van der Waals surface area (Å²) in [5.74, 6) is 0.345. The molecule has 0 atom stereocenters. The summed E-state index contributed by atoms with van der Waals surface area (Å²) >= 11 is 0. The van der Waals surface area contributed by atoms with Crippen LogP contribution in [0, 0.1) is 18.5 Å². The van der Waals surface area contributed by atoms with Gasteiger partial charge in [0.05, 0.1) is 0 Å². The molecule has 0 amide bonds. The summed E-state index contributed by atoms with van der Waals surface area (Å²) in [6.07, 6.45) is 0. The molecule has 3 heteroatoms. The first-order chi connectivity index (χ1) is 6.37. The zero-order valence-corrected chi connectivity index (χ0v) is 14.4. The maximum absolute atomic E-state index is 11.5. The summed E-state index contributed by atoms with van der Waals surface area (Å²) in [7, 11) is 1.96. The molecule has 0 spiro atoms. The summed E-state index contributed by atoms with van der Waals surface area (Å²) < 4.78 is 0. The number of carbonyl (C=O) groups is 1. The van der Waals surface area contributed by atoms with E-state index in [2.05, 4.69) is 27.0 Å². The van der Waals surface area contributed by atoms with Gasteiger partial charge in [0.15, 0.2) is 0 Å². The second kappa shape index (κ2) is 13.9. The number of carbonyl (C=O) groups excluding carboxylic acids is 1. The van der Waals surface area contributed by atoms with Crippen LogP contribution in [-0.4, -0.2) is 23.8 Å². The van der Waals surface area contributed by atoms with Crippen molar-refractivity contribution in [3.05, 3.63) is 19.2 Å². The third-order valence-corrected chi connectivity index (χ3v) is 2.18. The van der Waals surface area contributed by atoms with Crippen LogP contribution in [0.5, 0.6) is 0 Å². The van der Waals surface area contributed by atoms with E-state index in [0.717, 1.165) is 6.04 Å². The molecule has 0 aliphatic carbocycles. The molecule has 16 heavy (non-hydrogen) atoms. The van der Waals surface area contributed by atoms with Gasteiger partial charge in [0, 0.05) is 5.78 Å². The molecule has 0 aromatic carbocycles. The molecule has 0 rings (SSSR count). The van der Waals surface area contributed by atoms with Gasteiger partial charge in [0.2, 0.25) is 0 Å². The minimum atomic E-state index is 0. The molecule has 0 aromatic heterocycles. The number of likely N-dealkylation sites (N-methyl/N-ethyl adjacent to an activating group) is 1. The van der Waals surface area contributed by atoms with Crippen molar-refractivity contribution in [2.45, 2.75) is 48.1 Å². The molecule has 0 N–H and O–H groups in total. The molecule has 0 aliphatic rings. The second-order valence-corrected chi connectivity index (χ2v) is 3.81. The number of ketones is 1. The summed E-state index contributed by atoms with van der Waals surface area (Å²) in [4.78, 5) is 13.5. The smallest absolute Gasteiger partial charge is 0.521 e. The Morgan fingerprint density at radius 1 is 1.25 bits per heavy atom. The topological polar surface area (TPSA) is 20.3 Å². The summed E-state index contributed by atoms with van der Waals surface area (Å²) in [5, 5.41) is 0. The van der Waals surface area contributed by atoms with Crippen LogP contribution in [0.4, 0.5) is 0 Å². The maximum atomic E-state index is 11.5. The number of nitrogens with zero attached hydrogens (tertiary/aromatic N) is 1. The van der Waals surface area contributed by atoms with Gasteiger partial charge >= 0.3 is 51.4 Å². The predicted molar refractivity (Wildman–Crippen MR) is 68.3 cm³/mol. The Morgan fingerprint density at radius 2 is 1.56 bits per heavy atom. The van der Waals surface area contributed by atoms with Gasteiger partial charge in [-0.2, -0.15) is 6.92 Å². The van der Waals surface area contributed by atoms with Crippen molar-refractivity contribution < 1.29 is 56.2 Å². The molecule has 92 valence electrons. The van der Waals surface area contributed by atoms with Crippen molar-refractivity contribution >= 4 is 5.78 Å². The molecule has 0 aliphatic heterocycles. The van der Waals surface area contributed by atoms with Crippen molar-refractivity contribution in [3.63, 3.8) is 0 Å². The third kappa shape index (κ3) is 10.1. The summed E-state index contributed by atoms with van der Waals surface area (Å²) in [5.41, 5.74) is 0. The number of rotatable bonds is 4. The Bertz CT molecular complexity index is 169.